The summed E-state index contributed by atoms with van der Waals surface area (Å²) in [6, 6.07) is 10.8. The van der Waals surface area contributed by atoms with Gasteiger partial charge in [-0.2, -0.15) is 5.10 Å². The van der Waals surface area contributed by atoms with Gasteiger partial charge in [0.2, 0.25) is 0 Å². The van der Waals surface area contributed by atoms with E-state index in [1.807, 2.05) is 30.9 Å². The third-order valence-corrected chi connectivity index (χ3v) is 6.12. The SMILES string of the molecule is Cc1cccc(C(=O)N2CCCC2)c1NC(=O)c1cc(-c2ccco2)nc2c1c(C)nn2C. The van der Waals surface area contributed by atoms with Gasteiger partial charge in [-0.25, -0.2) is 4.98 Å². The predicted octanol–water partition coefficient (Wildman–Crippen LogP) is 4.33. The quantitative estimate of drug-likeness (QED) is 0.507. The number of hydrogen-bond acceptors (Lipinski definition) is 5. The van der Waals surface area contributed by atoms with E-state index in [0.29, 0.717) is 45.0 Å². The molecule has 4 heterocycles. The number of hydrogen-bond donors (Lipinski definition) is 1. The highest BCUT2D eigenvalue weighted by Gasteiger charge is 2.25. The molecule has 0 saturated carbocycles. The van der Waals surface area contributed by atoms with Crippen LogP contribution in [0.2, 0.25) is 0 Å². The molecule has 1 aromatic carbocycles. The minimum absolute atomic E-state index is 0.0554. The summed E-state index contributed by atoms with van der Waals surface area (Å²) in [5, 5.41) is 8.15. The Kier molecular flexibility index (Phi) is 5.20. The normalized spacial score (nSPS) is 13.6. The van der Waals surface area contributed by atoms with E-state index in [4.69, 9.17) is 4.42 Å². The first-order chi connectivity index (χ1) is 15.9. The molecule has 0 aliphatic carbocycles. The van der Waals surface area contributed by atoms with Crippen molar-refractivity contribution in [1.82, 2.24) is 19.7 Å². The third-order valence-electron chi connectivity index (χ3n) is 6.12. The topological polar surface area (TPSA) is 93.3 Å². The maximum atomic E-state index is 13.6. The van der Waals surface area contributed by atoms with Crippen molar-refractivity contribution < 1.29 is 14.0 Å². The Labute approximate surface area is 191 Å². The monoisotopic (exact) mass is 443 g/mol. The van der Waals surface area contributed by atoms with Crippen molar-refractivity contribution in [2.75, 3.05) is 18.4 Å². The molecular formula is C25H25N5O3. The molecule has 0 radical (unpaired) electrons. The highest BCUT2D eigenvalue weighted by molar-refractivity contribution is 6.15. The van der Waals surface area contributed by atoms with E-state index in [9.17, 15) is 9.59 Å². The molecule has 1 aliphatic rings. The fourth-order valence-corrected chi connectivity index (χ4v) is 4.46. The maximum absolute atomic E-state index is 13.6. The number of anilines is 1. The maximum Gasteiger partial charge on any atom is 0.256 e. The lowest BCUT2D eigenvalue weighted by Gasteiger charge is -2.19. The van der Waals surface area contributed by atoms with E-state index in [1.165, 1.54) is 0 Å². The van der Waals surface area contributed by atoms with Crippen LogP contribution in [0.25, 0.3) is 22.5 Å². The summed E-state index contributed by atoms with van der Waals surface area (Å²) in [5.74, 6) is 0.182. The number of fused-ring (bicyclic) bond motifs is 1. The summed E-state index contributed by atoms with van der Waals surface area (Å²) in [4.78, 5) is 33.3. The minimum Gasteiger partial charge on any atom is -0.463 e. The van der Waals surface area contributed by atoms with Crippen molar-refractivity contribution in [2.24, 2.45) is 7.05 Å². The van der Waals surface area contributed by atoms with Crippen LogP contribution in [0.5, 0.6) is 0 Å². The molecule has 4 aromatic rings. The molecule has 0 atom stereocenters. The number of amides is 2. The van der Waals surface area contributed by atoms with Gasteiger partial charge >= 0.3 is 0 Å². The number of nitrogens with one attached hydrogen (secondary N) is 1. The fraction of sp³-hybridized carbons (Fsp3) is 0.280. The molecule has 2 amide bonds. The van der Waals surface area contributed by atoms with Crippen molar-refractivity contribution in [3.8, 4) is 11.5 Å². The molecule has 0 unspecified atom stereocenters. The van der Waals surface area contributed by atoms with Crippen molar-refractivity contribution in [2.45, 2.75) is 26.7 Å². The average molecular weight is 444 g/mol. The third kappa shape index (κ3) is 3.67. The zero-order valence-electron chi connectivity index (χ0n) is 18.9. The van der Waals surface area contributed by atoms with Gasteiger partial charge in [0.05, 0.1) is 34.2 Å². The number of carbonyl (C=O) groups excluding carboxylic acids is 2. The molecule has 0 spiro atoms. The first-order valence-electron chi connectivity index (χ1n) is 11.0. The average Bonchev–Trinajstić information content (AvgIpc) is 3.57. The molecular weight excluding hydrogens is 418 g/mol. The van der Waals surface area contributed by atoms with Crippen LogP contribution in [0.3, 0.4) is 0 Å². The van der Waals surface area contributed by atoms with E-state index in [0.717, 1.165) is 31.5 Å². The summed E-state index contributed by atoms with van der Waals surface area (Å²) in [5.41, 5.74) is 4.13. The summed E-state index contributed by atoms with van der Waals surface area (Å²) in [7, 11) is 1.80. The second-order valence-corrected chi connectivity index (χ2v) is 8.39. The summed E-state index contributed by atoms with van der Waals surface area (Å²) in [6.07, 6.45) is 3.58. The lowest BCUT2D eigenvalue weighted by atomic mass is 10.0. The van der Waals surface area contributed by atoms with Gasteiger partial charge in [-0.1, -0.05) is 12.1 Å². The highest BCUT2D eigenvalue weighted by Crippen LogP contribution is 2.29. The Bertz CT molecular complexity index is 1360. The molecule has 1 aliphatic heterocycles. The molecule has 1 saturated heterocycles. The zero-order chi connectivity index (χ0) is 23.1. The molecule has 1 N–H and O–H groups in total. The summed E-state index contributed by atoms with van der Waals surface area (Å²) < 4.78 is 7.18. The van der Waals surface area contributed by atoms with Crippen LogP contribution in [0, 0.1) is 13.8 Å². The van der Waals surface area contributed by atoms with Crippen LogP contribution in [-0.4, -0.2) is 44.6 Å². The van der Waals surface area contributed by atoms with Gasteiger partial charge in [0.1, 0.15) is 5.69 Å². The molecule has 0 bridgehead atoms. The van der Waals surface area contributed by atoms with Crippen LogP contribution in [-0.2, 0) is 7.05 Å². The highest BCUT2D eigenvalue weighted by atomic mass is 16.3. The van der Waals surface area contributed by atoms with E-state index >= 15 is 0 Å². The Morgan fingerprint density at radius 1 is 1.06 bits per heavy atom. The van der Waals surface area contributed by atoms with Crippen LogP contribution < -0.4 is 5.32 Å². The zero-order valence-corrected chi connectivity index (χ0v) is 18.9. The van der Waals surface area contributed by atoms with Gasteiger partial charge in [-0.05, 0) is 56.5 Å². The van der Waals surface area contributed by atoms with Gasteiger partial charge in [-0.15, -0.1) is 0 Å². The standard InChI is InChI=1S/C25H25N5O3/c1-15-8-6-9-17(25(32)30-11-4-5-12-30)22(15)27-24(31)18-14-19(20-10-7-13-33-20)26-23-21(18)16(2)28-29(23)3/h6-10,13-14H,4-5,11-12H2,1-3H3,(H,27,31). The number of likely N-dealkylation sites (tertiary alicyclic amines) is 1. The van der Waals surface area contributed by atoms with Crippen molar-refractivity contribution >= 4 is 28.5 Å². The largest absolute Gasteiger partial charge is 0.463 e. The molecule has 168 valence electrons. The van der Waals surface area contributed by atoms with Crippen LogP contribution in [0.4, 0.5) is 5.69 Å². The minimum atomic E-state index is -0.323. The first-order valence-corrected chi connectivity index (χ1v) is 11.0. The van der Waals surface area contributed by atoms with Gasteiger partial charge < -0.3 is 14.6 Å². The summed E-state index contributed by atoms with van der Waals surface area (Å²) in [6.45, 7) is 5.23. The number of aromatic nitrogens is 3. The van der Waals surface area contributed by atoms with Crippen molar-refractivity contribution in [3.63, 3.8) is 0 Å². The molecule has 5 rings (SSSR count). The lowest BCUT2D eigenvalue weighted by Crippen LogP contribution is -2.29. The molecule has 8 nitrogen and oxygen atoms in total. The lowest BCUT2D eigenvalue weighted by molar-refractivity contribution is 0.0793. The second-order valence-electron chi connectivity index (χ2n) is 8.39. The van der Waals surface area contributed by atoms with Crippen LogP contribution in [0.15, 0.2) is 47.1 Å². The van der Waals surface area contributed by atoms with Crippen molar-refractivity contribution in [1.29, 1.82) is 0 Å². The van der Waals surface area contributed by atoms with Gasteiger partial charge in [0.15, 0.2) is 11.4 Å². The summed E-state index contributed by atoms with van der Waals surface area (Å²) >= 11 is 0. The number of benzene rings is 1. The number of rotatable bonds is 4. The fourth-order valence-electron chi connectivity index (χ4n) is 4.46. The van der Waals surface area contributed by atoms with E-state index in [2.05, 4.69) is 15.4 Å². The second kappa shape index (κ2) is 8.20. The molecule has 3 aromatic heterocycles. The molecule has 8 heteroatoms. The Hall–Kier alpha value is -3.94. The predicted molar refractivity (Wildman–Crippen MR) is 125 cm³/mol. The van der Waals surface area contributed by atoms with Crippen LogP contribution in [0.1, 0.15) is 44.8 Å². The number of pyridine rings is 1. The van der Waals surface area contributed by atoms with Crippen molar-refractivity contribution in [3.05, 3.63) is 65.0 Å². The Morgan fingerprint density at radius 3 is 2.58 bits per heavy atom. The Balaban J connectivity index is 1.59. The molecule has 33 heavy (non-hydrogen) atoms. The van der Waals surface area contributed by atoms with Gasteiger partial charge in [0, 0.05) is 20.1 Å². The van der Waals surface area contributed by atoms with E-state index < -0.39 is 0 Å². The Morgan fingerprint density at radius 2 is 1.85 bits per heavy atom. The van der Waals surface area contributed by atoms with Gasteiger partial charge in [0.25, 0.3) is 11.8 Å². The smallest absolute Gasteiger partial charge is 0.256 e. The number of carbonyl (C=O) groups is 2. The van der Waals surface area contributed by atoms with Crippen LogP contribution >= 0.6 is 0 Å². The number of para-hydroxylation sites is 1. The number of furan rings is 1. The molecule has 1 fully saturated rings. The van der Waals surface area contributed by atoms with E-state index in [-0.39, 0.29) is 11.8 Å². The number of nitrogens with zero attached hydrogens (tertiary/aromatic N) is 4. The first kappa shape index (κ1) is 20.9. The van der Waals surface area contributed by atoms with E-state index in [1.54, 1.807) is 42.3 Å². The van der Waals surface area contributed by atoms with Gasteiger partial charge in [-0.3, -0.25) is 14.3 Å². The number of aryl methyl sites for hydroxylation is 3.